The van der Waals surface area contributed by atoms with E-state index in [4.69, 9.17) is 0 Å². The highest BCUT2D eigenvalue weighted by atomic mass is 16.1. The van der Waals surface area contributed by atoms with E-state index in [2.05, 4.69) is 25.9 Å². The van der Waals surface area contributed by atoms with Crippen LogP contribution < -0.4 is 0 Å². The van der Waals surface area contributed by atoms with Gasteiger partial charge in [-0.25, -0.2) is 0 Å². The quantitative estimate of drug-likeness (QED) is 0.772. The van der Waals surface area contributed by atoms with Crippen molar-refractivity contribution >= 4 is 5.78 Å². The summed E-state index contributed by atoms with van der Waals surface area (Å²) in [5.74, 6) is 0.127. The SMILES string of the molecule is CCC(C)n1ccc(CC(=O)c2ccc(C)c(C)c2)n1. The van der Waals surface area contributed by atoms with Crippen molar-refractivity contribution in [3.05, 3.63) is 52.8 Å². The van der Waals surface area contributed by atoms with Crippen molar-refractivity contribution in [1.82, 2.24) is 9.78 Å². The lowest BCUT2D eigenvalue weighted by Crippen LogP contribution is -2.08. The van der Waals surface area contributed by atoms with Crippen molar-refractivity contribution in [3.63, 3.8) is 0 Å². The lowest BCUT2D eigenvalue weighted by Gasteiger charge is -2.08. The van der Waals surface area contributed by atoms with E-state index in [0.717, 1.165) is 23.2 Å². The van der Waals surface area contributed by atoms with Crippen LogP contribution in [0.4, 0.5) is 0 Å². The molecular weight excluding hydrogens is 248 g/mol. The number of hydrogen-bond acceptors (Lipinski definition) is 2. The van der Waals surface area contributed by atoms with Crippen LogP contribution in [0.2, 0.25) is 0 Å². The van der Waals surface area contributed by atoms with Gasteiger partial charge in [0.1, 0.15) is 0 Å². The van der Waals surface area contributed by atoms with Gasteiger partial charge in [-0.3, -0.25) is 9.48 Å². The molecule has 0 aliphatic heterocycles. The summed E-state index contributed by atoms with van der Waals surface area (Å²) in [5.41, 5.74) is 3.98. The molecular formula is C17H22N2O. The first-order valence-electron chi connectivity index (χ1n) is 7.15. The van der Waals surface area contributed by atoms with Gasteiger partial charge in [-0.2, -0.15) is 5.10 Å². The molecule has 0 fully saturated rings. The van der Waals surface area contributed by atoms with Crippen LogP contribution in [-0.2, 0) is 6.42 Å². The maximum Gasteiger partial charge on any atom is 0.168 e. The zero-order valence-electron chi connectivity index (χ0n) is 12.7. The van der Waals surface area contributed by atoms with Gasteiger partial charge >= 0.3 is 0 Å². The fraction of sp³-hybridized carbons (Fsp3) is 0.412. The Morgan fingerprint density at radius 3 is 2.65 bits per heavy atom. The van der Waals surface area contributed by atoms with Crippen molar-refractivity contribution in [2.75, 3.05) is 0 Å². The molecule has 2 rings (SSSR count). The fourth-order valence-electron chi connectivity index (χ4n) is 2.09. The van der Waals surface area contributed by atoms with Crippen LogP contribution in [-0.4, -0.2) is 15.6 Å². The number of aryl methyl sites for hydroxylation is 2. The molecule has 1 aromatic heterocycles. The predicted molar refractivity (Wildman–Crippen MR) is 81.2 cm³/mol. The highest BCUT2D eigenvalue weighted by molar-refractivity contribution is 5.97. The van der Waals surface area contributed by atoms with E-state index in [9.17, 15) is 4.79 Å². The molecule has 0 amide bonds. The van der Waals surface area contributed by atoms with Crippen LogP contribution in [0.1, 0.15) is 53.5 Å². The highest BCUT2D eigenvalue weighted by Crippen LogP contribution is 2.14. The summed E-state index contributed by atoms with van der Waals surface area (Å²) in [4.78, 5) is 12.3. The number of ketones is 1. The maximum atomic E-state index is 12.3. The number of Topliss-reactive ketones (excluding diaryl/α,β-unsaturated/α-hetero) is 1. The Hall–Kier alpha value is -1.90. The van der Waals surface area contributed by atoms with Gasteiger partial charge in [0.05, 0.1) is 12.1 Å². The summed E-state index contributed by atoms with van der Waals surface area (Å²) in [7, 11) is 0. The van der Waals surface area contributed by atoms with E-state index in [-0.39, 0.29) is 5.78 Å². The molecule has 0 aliphatic rings. The summed E-state index contributed by atoms with van der Waals surface area (Å²) >= 11 is 0. The third kappa shape index (κ3) is 3.16. The molecule has 1 heterocycles. The molecule has 1 aromatic carbocycles. The van der Waals surface area contributed by atoms with E-state index in [0.29, 0.717) is 12.5 Å². The fourth-order valence-corrected chi connectivity index (χ4v) is 2.09. The van der Waals surface area contributed by atoms with Crippen molar-refractivity contribution < 1.29 is 4.79 Å². The summed E-state index contributed by atoms with van der Waals surface area (Å²) in [5, 5.41) is 4.48. The second-order valence-corrected chi connectivity index (χ2v) is 5.44. The minimum Gasteiger partial charge on any atom is -0.294 e. The standard InChI is InChI=1S/C17H22N2O/c1-5-14(4)19-9-8-16(18-19)11-17(20)15-7-6-12(2)13(3)10-15/h6-10,14H,5,11H2,1-4H3. The van der Waals surface area contributed by atoms with E-state index in [1.165, 1.54) is 5.56 Å². The molecule has 0 bridgehead atoms. The molecule has 1 atom stereocenters. The van der Waals surface area contributed by atoms with Gasteiger partial charge in [-0.05, 0) is 50.5 Å². The van der Waals surface area contributed by atoms with Gasteiger partial charge in [0, 0.05) is 17.8 Å². The topological polar surface area (TPSA) is 34.9 Å². The largest absolute Gasteiger partial charge is 0.294 e. The van der Waals surface area contributed by atoms with Crippen LogP contribution in [0, 0.1) is 13.8 Å². The van der Waals surface area contributed by atoms with E-state index in [1.807, 2.05) is 42.1 Å². The second-order valence-electron chi connectivity index (χ2n) is 5.44. The predicted octanol–water partition coefficient (Wildman–Crippen LogP) is 3.90. The number of aromatic nitrogens is 2. The highest BCUT2D eigenvalue weighted by Gasteiger charge is 2.11. The molecule has 0 saturated heterocycles. The molecule has 20 heavy (non-hydrogen) atoms. The smallest absolute Gasteiger partial charge is 0.168 e. The van der Waals surface area contributed by atoms with Gasteiger partial charge in [0.25, 0.3) is 0 Å². The molecule has 0 saturated carbocycles. The minimum atomic E-state index is 0.127. The molecule has 3 heteroatoms. The summed E-state index contributed by atoms with van der Waals surface area (Å²) in [6, 6.07) is 8.17. The Kier molecular flexibility index (Phi) is 4.38. The van der Waals surface area contributed by atoms with E-state index < -0.39 is 0 Å². The van der Waals surface area contributed by atoms with Crippen LogP contribution in [0.25, 0.3) is 0 Å². The molecule has 1 unspecified atom stereocenters. The van der Waals surface area contributed by atoms with E-state index >= 15 is 0 Å². The first-order chi connectivity index (χ1) is 9.51. The Labute approximate surface area is 120 Å². The first-order valence-corrected chi connectivity index (χ1v) is 7.15. The van der Waals surface area contributed by atoms with Crippen molar-refractivity contribution in [3.8, 4) is 0 Å². The third-order valence-corrected chi connectivity index (χ3v) is 3.88. The third-order valence-electron chi connectivity index (χ3n) is 3.88. The molecule has 0 aliphatic carbocycles. The summed E-state index contributed by atoms with van der Waals surface area (Å²) < 4.78 is 1.93. The van der Waals surface area contributed by atoms with Gasteiger partial charge in [-0.15, -0.1) is 0 Å². The van der Waals surface area contributed by atoms with Crippen LogP contribution in [0.5, 0.6) is 0 Å². The van der Waals surface area contributed by atoms with Gasteiger partial charge < -0.3 is 0 Å². The average Bonchev–Trinajstić information content (AvgIpc) is 2.89. The lowest BCUT2D eigenvalue weighted by atomic mass is 10.0. The molecule has 106 valence electrons. The molecule has 0 spiro atoms. The molecule has 3 nitrogen and oxygen atoms in total. The lowest BCUT2D eigenvalue weighted by molar-refractivity contribution is 0.0991. The second kappa shape index (κ2) is 6.04. The normalized spacial score (nSPS) is 12.4. The van der Waals surface area contributed by atoms with Gasteiger partial charge in [0.2, 0.25) is 0 Å². The van der Waals surface area contributed by atoms with Gasteiger partial charge in [0.15, 0.2) is 5.78 Å². The molecule has 0 radical (unpaired) electrons. The number of hydrogen-bond donors (Lipinski definition) is 0. The monoisotopic (exact) mass is 270 g/mol. The van der Waals surface area contributed by atoms with Crippen LogP contribution in [0.15, 0.2) is 30.5 Å². The zero-order chi connectivity index (χ0) is 14.7. The van der Waals surface area contributed by atoms with Crippen LogP contribution >= 0.6 is 0 Å². The minimum absolute atomic E-state index is 0.127. The number of rotatable bonds is 5. The average molecular weight is 270 g/mol. The Morgan fingerprint density at radius 2 is 2.00 bits per heavy atom. The van der Waals surface area contributed by atoms with Crippen molar-refractivity contribution in [2.24, 2.45) is 0 Å². The number of nitrogens with zero attached hydrogens (tertiary/aromatic N) is 2. The maximum absolute atomic E-state index is 12.3. The summed E-state index contributed by atoms with van der Waals surface area (Å²) in [6.07, 6.45) is 3.36. The van der Waals surface area contributed by atoms with Crippen LogP contribution in [0.3, 0.4) is 0 Å². The Morgan fingerprint density at radius 1 is 1.25 bits per heavy atom. The number of benzene rings is 1. The zero-order valence-corrected chi connectivity index (χ0v) is 12.7. The van der Waals surface area contributed by atoms with Crippen molar-refractivity contribution in [1.29, 1.82) is 0 Å². The van der Waals surface area contributed by atoms with Gasteiger partial charge in [-0.1, -0.05) is 19.1 Å². The Balaban J connectivity index is 2.11. The molecule has 0 N–H and O–H groups in total. The Bertz CT molecular complexity index is 613. The van der Waals surface area contributed by atoms with E-state index in [1.54, 1.807) is 0 Å². The van der Waals surface area contributed by atoms with Crippen molar-refractivity contribution in [2.45, 2.75) is 46.6 Å². The first kappa shape index (κ1) is 14.5. The molecule has 2 aromatic rings. The number of carbonyl (C=O) groups is 1. The number of carbonyl (C=O) groups excluding carboxylic acids is 1. The summed E-state index contributed by atoms with van der Waals surface area (Å²) in [6.45, 7) is 8.34.